The van der Waals surface area contributed by atoms with E-state index in [1.807, 2.05) is 0 Å². The van der Waals surface area contributed by atoms with Crippen LogP contribution in [0.2, 0.25) is 0 Å². The molecule has 0 atom stereocenters. The monoisotopic (exact) mass is 476 g/mol. The van der Waals surface area contributed by atoms with Crippen molar-refractivity contribution in [2.24, 2.45) is 0 Å². The summed E-state index contributed by atoms with van der Waals surface area (Å²) in [7, 11) is 1.76. The number of methoxy groups -OCH3 is 1. The van der Waals surface area contributed by atoms with Crippen LogP contribution in [-0.2, 0) is 6.16 Å². The molecule has 0 radical (unpaired) electrons. The molecule has 1 nitrogen and oxygen atoms in total. The first-order valence-electron chi connectivity index (χ1n) is 10.1. The Bertz CT molecular complexity index is 1030. The summed E-state index contributed by atoms with van der Waals surface area (Å²) < 4.78 is 5.82. The van der Waals surface area contributed by atoms with Crippen molar-refractivity contribution in [2.75, 3.05) is 7.11 Å². The van der Waals surface area contributed by atoms with Crippen molar-refractivity contribution < 1.29 is 4.74 Å². The third-order valence-electron chi connectivity index (χ3n) is 5.93. The molecule has 0 aliphatic carbocycles. The molecule has 0 spiro atoms. The van der Waals surface area contributed by atoms with E-state index in [0.29, 0.717) is 0 Å². The van der Waals surface area contributed by atoms with Gasteiger partial charge in [-0.2, -0.15) is 0 Å². The number of aryl methyl sites for hydroxylation is 1. The predicted molar refractivity (Wildman–Crippen MR) is 136 cm³/mol. The molecule has 0 bridgehead atoms. The second kappa shape index (κ2) is 8.38. The van der Waals surface area contributed by atoms with Crippen LogP contribution in [-0.4, -0.2) is 7.11 Å². The third kappa shape index (κ3) is 3.39. The molecule has 0 aromatic heterocycles. The van der Waals surface area contributed by atoms with Crippen LogP contribution in [0.25, 0.3) is 0 Å². The molecule has 4 aromatic carbocycles. The Hall–Kier alpha value is -2.41. The zero-order valence-electron chi connectivity index (χ0n) is 17.3. The van der Waals surface area contributed by atoms with Gasteiger partial charge >= 0.3 is 188 Å². The van der Waals surface area contributed by atoms with Gasteiger partial charge in [-0.3, -0.25) is 0 Å². The molecule has 0 N–H and O–H groups in total. The number of halogens is 1. The van der Waals surface area contributed by atoms with Gasteiger partial charge in [0.2, 0.25) is 0 Å². The Kier molecular flexibility index (Phi) is 5.82. The van der Waals surface area contributed by atoms with E-state index in [2.05, 4.69) is 132 Å². The second-order valence-electron chi connectivity index (χ2n) is 7.60. The molecule has 0 saturated heterocycles. The van der Waals surface area contributed by atoms with Crippen LogP contribution in [0.1, 0.15) is 11.1 Å². The molecule has 0 amide bonds. The summed E-state index contributed by atoms with van der Waals surface area (Å²) in [5, 5.41) is 0.903. The fourth-order valence-corrected chi connectivity index (χ4v) is 12.0. The van der Waals surface area contributed by atoms with Gasteiger partial charge in [-0.1, -0.05) is 0 Å². The quantitative estimate of drug-likeness (QED) is 0.295. The molecule has 4 rings (SSSR count). The van der Waals surface area contributed by atoms with E-state index in [1.165, 1.54) is 27.0 Å². The summed E-state index contributed by atoms with van der Waals surface area (Å²) in [6, 6.07) is 39.0. The van der Waals surface area contributed by atoms with Gasteiger partial charge in [0.25, 0.3) is 0 Å². The molecule has 0 heterocycles. The van der Waals surface area contributed by atoms with E-state index in [4.69, 9.17) is 4.74 Å². The number of hydrogen-bond acceptors (Lipinski definition) is 1. The van der Waals surface area contributed by atoms with E-state index in [-0.39, 0.29) is 0 Å². The molecule has 0 fully saturated rings. The van der Waals surface area contributed by atoms with Crippen LogP contribution in [0.15, 0.2) is 109 Å². The summed E-state index contributed by atoms with van der Waals surface area (Å²) >= 11 is 4.53. The van der Waals surface area contributed by atoms with E-state index < -0.39 is 5.31 Å². The fraction of sp³-hybridized carbons (Fsp3) is 0.111. The first-order valence-corrected chi connectivity index (χ1v) is 14.5. The van der Waals surface area contributed by atoms with Gasteiger partial charge in [-0.15, -0.1) is 0 Å². The predicted octanol–water partition coefficient (Wildman–Crippen LogP) is 6.34. The van der Waals surface area contributed by atoms with Gasteiger partial charge < -0.3 is 0 Å². The maximum atomic E-state index is 5.82. The van der Waals surface area contributed by atoms with Crippen LogP contribution >= 0.6 is 20.8 Å². The zero-order valence-corrected chi connectivity index (χ0v) is 19.8. The van der Waals surface area contributed by atoms with Crippen molar-refractivity contribution in [3.63, 3.8) is 0 Å². The summed E-state index contributed by atoms with van der Waals surface area (Å²) in [4.78, 5) is 0. The van der Waals surface area contributed by atoms with Crippen molar-refractivity contribution in [1.29, 1.82) is 0 Å². The topological polar surface area (TPSA) is 9.23 Å². The van der Waals surface area contributed by atoms with Gasteiger partial charge in [0.15, 0.2) is 0 Å². The molecular weight excluding hydrogens is 451 g/mol. The Labute approximate surface area is 187 Å². The standard InChI is InChI=1S/C27H26BrOP/c1-22-13-12-20-27(29-2)26(22)21-30(28,23-14-6-3-7-15-23,24-16-8-4-9-17-24)25-18-10-5-11-19-25/h3-20H,21H2,1-2H3. The van der Waals surface area contributed by atoms with Gasteiger partial charge in [-0.25, -0.2) is 0 Å². The molecule has 152 valence electrons. The minimum atomic E-state index is -3.03. The fourth-order valence-electron chi connectivity index (χ4n) is 4.30. The molecule has 4 aromatic rings. The molecule has 0 unspecified atom stereocenters. The third-order valence-corrected chi connectivity index (χ3v) is 15.4. The Morgan fingerprint density at radius 2 is 1.07 bits per heavy atom. The molecular formula is C27H26BrOP. The Morgan fingerprint density at radius 1 is 0.633 bits per heavy atom. The molecule has 0 saturated carbocycles. The van der Waals surface area contributed by atoms with E-state index in [1.54, 1.807) is 7.11 Å². The van der Waals surface area contributed by atoms with Gasteiger partial charge in [0.05, 0.1) is 0 Å². The molecule has 3 heteroatoms. The van der Waals surface area contributed by atoms with E-state index >= 15 is 0 Å². The van der Waals surface area contributed by atoms with Crippen LogP contribution in [0.3, 0.4) is 0 Å². The Morgan fingerprint density at radius 3 is 1.47 bits per heavy atom. The van der Waals surface area contributed by atoms with Crippen LogP contribution in [0, 0.1) is 6.92 Å². The number of ether oxygens (including phenoxy) is 1. The van der Waals surface area contributed by atoms with E-state index in [9.17, 15) is 0 Å². The van der Waals surface area contributed by atoms with Crippen LogP contribution in [0.4, 0.5) is 0 Å². The van der Waals surface area contributed by atoms with Crippen LogP contribution in [0.5, 0.6) is 5.75 Å². The molecule has 30 heavy (non-hydrogen) atoms. The molecule has 0 aliphatic heterocycles. The van der Waals surface area contributed by atoms with Crippen molar-refractivity contribution in [1.82, 2.24) is 0 Å². The van der Waals surface area contributed by atoms with Gasteiger partial charge in [0.1, 0.15) is 0 Å². The summed E-state index contributed by atoms with van der Waals surface area (Å²) in [6.45, 7) is 2.17. The van der Waals surface area contributed by atoms with Gasteiger partial charge in [-0.05, 0) is 0 Å². The SMILES string of the molecule is COc1cccc(C)c1CP(Br)(c1ccccc1)(c1ccccc1)c1ccccc1. The minimum absolute atomic E-state index is 0.833. The first-order chi connectivity index (χ1) is 14.6. The van der Waals surface area contributed by atoms with Crippen molar-refractivity contribution in [3.05, 3.63) is 120 Å². The number of rotatable bonds is 6. The second-order valence-corrected chi connectivity index (χ2v) is 16.5. The Balaban J connectivity index is 2.13. The normalized spacial score (nSPS) is 12.7. The first kappa shape index (κ1) is 20.8. The summed E-state index contributed by atoms with van der Waals surface area (Å²) in [5.41, 5.74) is 2.48. The average Bonchev–Trinajstić information content (AvgIpc) is 2.82. The van der Waals surface area contributed by atoms with Crippen LogP contribution < -0.4 is 20.7 Å². The summed E-state index contributed by atoms with van der Waals surface area (Å²) in [6.07, 6.45) is 0.833. The van der Waals surface area contributed by atoms with E-state index in [0.717, 1.165) is 11.9 Å². The van der Waals surface area contributed by atoms with Gasteiger partial charge in [0, 0.05) is 0 Å². The van der Waals surface area contributed by atoms with Crippen molar-refractivity contribution in [2.45, 2.75) is 13.1 Å². The van der Waals surface area contributed by atoms with Crippen molar-refractivity contribution >= 4 is 36.7 Å². The number of benzene rings is 4. The maximum absolute atomic E-state index is 5.82. The molecule has 0 aliphatic rings. The zero-order chi connectivity index (χ0) is 21.1. The number of hydrogen-bond donors (Lipinski definition) is 0. The average molecular weight is 477 g/mol. The summed E-state index contributed by atoms with van der Waals surface area (Å²) in [5.74, 6) is 0.936. The van der Waals surface area contributed by atoms with Crippen molar-refractivity contribution in [3.8, 4) is 5.75 Å².